The quantitative estimate of drug-likeness (QED) is 0.752. The maximum absolute atomic E-state index is 12.4. The SMILES string of the molecule is Cc1csc(=O)n1CCC(=O)N1CCN(CC(=O)NCc2ccccc2)CC1. The van der Waals surface area contributed by atoms with Crippen LogP contribution in [0.4, 0.5) is 0 Å². The number of hydrogen-bond acceptors (Lipinski definition) is 5. The van der Waals surface area contributed by atoms with E-state index in [0.29, 0.717) is 52.2 Å². The summed E-state index contributed by atoms with van der Waals surface area (Å²) in [6.45, 7) is 5.77. The van der Waals surface area contributed by atoms with Crippen LogP contribution in [0.3, 0.4) is 0 Å². The van der Waals surface area contributed by atoms with Crippen molar-refractivity contribution in [3.8, 4) is 0 Å². The average molecular weight is 403 g/mol. The zero-order chi connectivity index (χ0) is 19.9. The molecule has 150 valence electrons. The lowest BCUT2D eigenvalue weighted by atomic mass is 10.2. The first-order valence-electron chi connectivity index (χ1n) is 9.48. The van der Waals surface area contributed by atoms with Crippen LogP contribution < -0.4 is 10.2 Å². The number of aromatic nitrogens is 1. The Bertz CT molecular complexity index is 854. The van der Waals surface area contributed by atoms with Crippen LogP contribution in [0.5, 0.6) is 0 Å². The smallest absolute Gasteiger partial charge is 0.307 e. The van der Waals surface area contributed by atoms with Gasteiger partial charge in [-0.15, -0.1) is 0 Å². The summed E-state index contributed by atoms with van der Waals surface area (Å²) >= 11 is 1.16. The first-order chi connectivity index (χ1) is 13.5. The molecule has 0 unspecified atom stereocenters. The van der Waals surface area contributed by atoms with Crippen molar-refractivity contribution in [1.29, 1.82) is 0 Å². The molecule has 0 aliphatic carbocycles. The zero-order valence-electron chi connectivity index (χ0n) is 16.1. The Morgan fingerprint density at radius 1 is 1.11 bits per heavy atom. The molecule has 0 spiro atoms. The van der Waals surface area contributed by atoms with Gasteiger partial charge in [0.15, 0.2) is 0 Å². The van der Waals surface area contributed by atoms with E-state index in [1.807, 2.05) is 47.5 Å². The molecule has 1 aliphatic heterocycles. The molecule has 28 heavy (non-hydrogen) atoms. The Kier molecular flexibility index (Phi) is 7.00. The minimum atomic E-state index is -0.0170. The summed E-state index contributed by atoms with van der Waals surface area (Å²) in [5.74, 6) is 0.0571. The van der Waals surface area contributed by atoms with Gasteiger partial charge in [-0.1, -0.05) is 41.7 Å². The van der Waals surface area contributed by atoms with E-state index in [1.165, 1.54) is 0 Å². The van der Waals surface area contributed by atoms with Gasteiger partial charge in [-0.3, -0.25) is 19.3 Å². The summed E-state index contributed by atoms with van der Waals surface area (Å²) in [6.07, 6.45) is 0.328. The third kappa shape index (κ3) is 5.53. The van der Waals surface area contributed by atoms with E-state index >= 15 is 0 Å². The average Bonchev–Trinajstić information content (AvgIpc) is 3.03. The van der Waals surface area contributed by atoms with E-state index in [2.05, 4.69) is 10.2 Å². The van der Waals surface area contributed by atoms with Gasteiger partial charge < -0.3 is 14.8 Å². The van der Waals surface area contributed by atoms with E-state index in [0.717, 1.165) is 22.6 Å². The summed E-state index contributed by atoms with van der Waals surface area (Å²) < 4.78 is 1.65. The minimum Gasteiger partial charge on any atom is -0.351 e. The maximum atomic E-state index is 12.4. The summed E-state index contributed by atoms with van der Waals surface area (Å²) in [5, 5.41) is 4.75. The van der Waals surface area contributed by atoms with Crippen molar-refractivity contribution in [2.75, 3.05) is 32.7 Å². The van der Waals surface area contributed by atoms with Gasteiger partial charge in [0.05, 0.1) is 6.54 Å². The third-order valence-corrected chi connectivity index (χ3v) is 5.83. The molecule has 2 amide bonds. The second kappa shape index (κ2) is 9.66. The highest BCUT2D eigenvalue weighted by Crippen LogP contribution is 2.06. The number of carbonyl (C=O) groups excluding carboxylic acids is 2. The first kappa shape index (κ1) is 20.3. The number of aryl methyl sites for hydroxylation is 1. The standard InChI is InChI=1S/C20H26N4O3S/c1-16-15-28-20(27)24(16)8-7-19(26)23-11-9-22(10-12-23)14-18(25)21-13-17-5-3-2-4-6-17/h2-6,15H,7-14H2,1H3,(H,21,25). The van der Waals surface area contributed by atoms with Crippen molar-refractivity contribution >= 4 is 23.2 Å². The van der Waals surface area contributed by atoms with Crippen LogP contribution in [-0.2, 0) is 22.7 Å². The van der Waals surface area contributed by atoms with Gasteiger partial charge in [0.1, 0.15) is 0 Å². The molecule has 2 heterocycles. The van der Waals surface area contributed by atoms with Crippen LogP contribution in [0.15, 0.2) is 40.5 Å². The zero-order valence-corrected chi connectivity index (χ0v) is 16.9. The summed E-state index contributed by atoms with van der Waals surface area (Å²) in [7, 11) is 0. The van der Waals surface area contributed by atoms with E-state index in [9.17, 15) is 14.4 Å². The summed E-state index contributed by atoms with van der Waals surface area (Å²) in [4.78, 5) is 40.2. The molecule has 1 saturated heterocycles. The van der Waals surface area contributed by atoms with Gasteiger partial charge in [0.2, 0.25) is 11.8 Å². The molecule has 0 radical (unpaired) electrons. The molecule has 0 bridgehead atoms. The lowest BCUT2D eigenvalue weighted by Crippen LogP contribution is -2.51. The van der Waals surface area contributed by atoms with Gasteiger partial charge in [-0.2, -0.15) is 0 Å². The Labute approximate surface area is 168 Å². The second-order valence-electron chi connectivity index (χ2n) is 6.96. The molecule has 0 atom stereocenters. The number of piperazine rings is 1. The van der Waals surface area contributed by atoms with Crippen LogP contribution >= 0.6 is 11.3 Å². The lowest BCUT2D eigenvalue weighted by Gasteiger charge is -2.34. The van der Waals surface area contributed by atoms with Crippen molar-refractivity contribution in [2.45, 2.75) is 26.4 Å². The number of benzene rings is 1. The predicted octanol–water partition coefficient (Wildman–Crippen LogP) is 1.07. The largest absolute Gasteiger partial charge is 0.351 e. The molecule has 0 saturated carbocycles. The molecule has 1 aromatic heterocycles. The molecular weight excluding hydrogens is 376 g/mol. The maximum Gasteiger partial charge on any atom is 0.307 e. The van der Waals surface area contributed by atoms with Gasteiger partial charge in [0.25, 0.3) is 0 Å². The Morgan fingerprint density at radius 2 is 1.82 bits per heavy atom. The molecule has 1 aromatic carbocycles. The number of amides is 2. The van der Waals surface area contributed by atoms with Crippen molar-refractivity contribution in [3.05, 3.63) is 56.6 Å². The number of nitrogens with one attached hydrogen (secondary N) is 1. The highest BCUT2D eigenvalue weighted by molar-refractivity contribution is 7.07. The van der Waals surface area contributed by atoms with Crippen molar-refractivity contribution in [1.82, 2.24) is 19.7 Å². The van der Waals surface area contributed by atoms with Gasteiger partial charge in [-0.25, -0.2) is 0 Å². The fraction of sp³-hybridized carbons (Fsp3) is 0.450. The molecule has 1 N–H and O–H groups in total. The lowest BCUT2D eigenvalue weighted by molar-refractivity contribution is -0.133. The normalized spacial score (nSPS) is 14.8. The number of rotatable bonds is 7. The molecule has 7 nitrogen and oxygen atoms in total. The Hall–Kier alpha value is -2.45. The minimum absolute atomic E-state index is 0.00376. The fourth-order valence-electron chi connectivity index (χ4n) is 3.25. The molecule has 3 rings (SSSR count). The molecule has 1 fully saturated rings. The monoisotopic (exact) mass is 402 g/mol. The number of carbonyl (C=O) groups is 2. The van der Waals surface area contributed by atoms with Crippen molar-refractivity contribution in [2.24, 2.45) is 0 Å². The number of nitrogens with zero attached hydrogens (tertiary/aromatic N) is 3. The van der Waals surface area contributed by atoms with Crippen LogP contribution in [0, 0.1) is 6.92 Å². The summed E-state index contributed by atoms with van der Waals surface area (Å²) in [5.41, 5.74) is 1.97. The number of hydrogen-bond donors (Lipinski definition) is 1. The van der Waals surface area contributed by atoms with Crippen molar-refractivity contribution in [3.63, 3.8) is 0 Å². The van der Waals surface area contributed by atoms with E-state index in [-0.39, 0.29) is 16.7 Å². The predicted molar refractivity (Wildman–Crippen MR) is 109 cm³/mol. The van der Waals surface area contributed by atoms with E-state index in [4.69, 9.17) is 0 Å². The Balaban J connectivity index is 1.37. The molecule has 8 heteroatoms. The van der Waals surface area contributed by atoms with Crippen LogP contribution in [-0.4, -0.2) is 58.9 Å². The van der Waals surface area contributed by atoms with E-state index < -0.39 is 0 Å². The fourth-order valence-corrected chi connectivity index (χ4v) is 4.01. The molecular formula is C20H26N4O3S. The Morgan fingerprint density at radius 3 is 2.46 bits per heavy atom. The van der Waals surface area contributed by atoms with Gasteiger partial charge in [0, 0.05) is 56.8 Å². The topological polar surface area (TPSA) is 74.7 Å². The van der Waals surface area contributed by atoms with Gasteiger partial charge in [-0.05, 0) is 12.5 Å². The highest BCUT2D eigenvalue weighted by Gasteiger charge is 2.22. The number of thiazole rings is 1. The highest BCUT2D eigenvalue weighted by atomic mass is 32.1. The van der Waals surface area contributed by atoms with Crippen molar-refractivity contribution < 1.29 is 9.59 Å². The van der Waals surface area contributed by atoms with Crippen LogP contribution in [0.1, 0.15) is 17.7 Å². The third-order valence-electron chi connectivity index (χ3n) is 4.95. The molecule has 1 aliphatic rings. The molecule has 2 aromatic rings. The first-order valence-corrected chi connectivity index (χ1v) is 10.4. The van der Waals surface area contributed by atoms with E-state index in [1.54, 1.807) is 4.57 Å². The van der Waals surface area contributed by atoms with Gasteiger partial charge >= 0.3 is 4.87 Å². The van der Waals surface area contributed by atoms with Crippen LogP contribution in [0.25, 0.3) is 0 Å². The summed E-state index contributed by atoms with van der Waals surface area (Å²) in [6, 6.07) is 9.82. The second-order valence-corrected chi connectivity index (χ2v) is 7.78. The van der Waals surface area contributed by atoms with Crippen LogP contribution in [0.2, 0.25) is 0 Å².